The van der Waals surface area contributed by atoms with E-state index in [-0.39, 0.29) is 18.1 Å². The number of nitro groups is 1. The van der Waals surface area contributed by atoms with Crippen molar-refractivity contribution in [3.05, 3.63) is 51.4 Å². The maximum Gasteiger partial charge on any atom is 0.310 e. The summed E-state index contributed by atoms with van der Waals surface area (Å²) in [6, 6.07) is 8.18. The second-order valence-corrected chi connectivity index (χ2v) is 4.98. The first-order chi connectivity index (χ1) is 9.61. The normalized spacial score (nSPS) is 10.2. The summed E-state index contributed by atoms with van der Waals surface area (Å²) in [4.78, 5) is 22.7. The fourth-order valence-electron chi connectivity index (χ4n) is 1.83. The van der Waals surface area contributed by atoms with Crippen LogP contribution in [0.1, 0.15) is 12.5 Å². The highest BCUT2D eigenvalue weighted by Crippen LogP contribution is 2.31. The molecule has 0 aliphatic carbocycles. The van der Waals surface area contributed by atoms with Gasteiger partial charge in [-0.05, 0) is 41.6 Å². The second-order valence-electron chi connectivity index (χ2n) is 4.06. The number of nitrogens with zero attached hydrogens (tertiary/aromatic N) is 1. The summed E-state index contributed by atoms with van der Waals surface area (Å²) in [5.41, 5.74) is 1.80. The molecule has 5 nitrogen and oxygen atoms in total. The van der Waals surface area contributed by atoms with Gasteiger partial charge in [0.25, 0.3) is 5.69 Å². The minimum atomic E-state index is -0.433. The van der Waals surface area contributed by atoms with Gasteiger partial charge in [0.2, 0.25) is 0 Å². The lowest BCUT2D eigenvalue weighted by Crippen LogP contribution is -2.07. The van der Waals surface area contributed by atoms with Gasteiger partial charge in [-0.25, -0.2) is 0 Å². The average Bonchev–Trinajstić information content (AvgIpc) is 2.87. The Morgan fingerprint density at radius 3 is 2.60 bits per heavy atom. The number of non-ortho nitro benzene ring substituents is 1. The molecule has 1 aromatic carbocycles. The van der Waals surface area contributed by atoms with Crippen molar-refractivity contribution in [1.82, 2.24) is 0 Å². The molecule has 0 aliphatic heterocycles. The van der Waals surface area contributed by atoms with E-state index in [9.17, 15) is 14.9 Å². The molecule has 2 rings (SSSR count). The zero-order valence-corrected chi connectivity index (χ0v) is 11.7. The van der Waals surface area contributed by atoms with E-state index >= 15 is 0 Å². The van der Waals surface area contributed by atoms with Crippen LogP contribution in [0.4, 0.5) is 5.69 Å². The third-order valence-electron chi connectivity index (χ3n) is 2.73. The van der Waals surface area contributed by atoms with Crippen molar-refractivity contribution in [2.45, 2.75) is 13.3 Å². The van der Waals surface area contributed by atoms with E-state index in [1.807, 2.05) is 11.4 Å². The quantitative estimate of drug-likeness (QED) is 0.481. The van der Waals surface area contributed by atoms with Gasteiger partial charge in [0.1, 0.15) is 0 Å². The van der Waals surface area contributed by atoms with Crippen molar-refractivity contribution < 1.29 is 14.5 Å². The maximum absolute atomic E-state index is 11.5. The molecular formula is C14H13NO4S. The Bertz CT molecular complexity index is 618. The van der Waals surface area contributed by atoms with Gasteiger partial charge >= 0.3 is 5.97 Å². The van der Waals surface area contributed by atoms with Gasteiger partial charge in [0.05, 0.1) is 18.0 Å². The van der Waals surface area contributed by atoms with Crippen molar-refractivity contribution in [2.75, 3.05) is 6.61 Å². The molecule has 0 aliphatic rings. The SMILES string of the molecule is CCOC(=O)Cc1ccsc1-c1ccc([N+](=O)[O-])cc1. The van der Waals surface area contributed by atoms with Crippen molar-refractivity contribution >= 4 is 23.0 Å². The number of carbonyl (C=O) groups excluding carboxylic acids is 1. The van der Waals surface area contributed by atoms with Crippen LogP contribution in [0.25, 0.3) is 10.4 Å². The lowest BCUT2D eigenvalue weighted by atomic mass is 10.1. The third kappa shape index (κ3) is 3.21. The number of thiophene rings is 1. The standard InChI is InChI=1S/C14H13NO4S/c1-2-19-13(16)9-11-7-8-20-14(11)10-3-5-12(6-4-10)15(17)18/h3-8H,2,9H2,1H3. The molecule has 0 amide bonds. The number of hydrogen-bond donors (Lipinski definition) is 0. The first-order valence-corrected chi connectivity index (χ1v) is 6.96. The van der Waals surface area contributed by atoms with E-state index in [1.54, 1.807) is 19.1 Å². The van der Waals surface area contributed by atoms with Gasteiger partial charge in [0, 0.05) is 17.0 Å². The Balaban J connectivity index is 2.23. The number of carbonyl (C=O) groups is 1. The molecule has 104 valence electrons. The van der Waals surface area contributed by atoms with Gasteiger partial charge < -0.3 is 4.74 Å². The van der Waals surface area contributed by atoms with Crippen LogP contribution in [-0.2, 0) is 16.0 Å². The van der Waals surface area contributed by atoms with Crippen LogP contribution >= 0.6 is 11.3 Å². The van der Waals surface area contributed by atoms with Crippen molar-refractivity contribution in [2.24, 2.45) is 0 Å². The summed E-state index contributed by atoms with van der Waals surface area (Å²) in [7, 11) is 0. The molecule has 0 fully saturated rings. The Kier molecular flexibility index (Phi) is 4.47. The zero-order chi connectivity index (χ0) is 14.5. The molecule has 2 aromatic rings. The van der Waals surface area contributed by atoms with E-state index in [2.05, 4.69) is 0 Å². The fraction of sp³-hybridized carbons (Fsp3) is 0.214. The molecular weight excluding hydrogens is 278 g/mol. The molecule has 20 heavy (non-hydrogen) atoms. The summed E-state index contributed by atoms with van der Waals surface area (Å²) in [6.07, 6.45) is 0.212. The number of esters is 1. The summed E-state index contributed by atoms with van der Waals surface area (Å²) in [5.74, 6) is -0.269. The molecule has 0 atom stereocenters. The zero-order valence-electron chi connectivity index (χ0n) is 10.9. The first kappa shape index (κ1) is 14.2. The molecule has 6 heteroatoms. The lowest BCUT2D eigenvalue weighted by Gasteiger charge is -2.04. The monoisotopic (exact) mass is 291 g/mol. The van der Waals surface area contributed by atoms with E-state index in [1.165, 1.54) is 23.5 Å². The van der Waals surface area contributed by atoms with Gasteiger partial charge in [-0.1, -0.05) is 0 Å². The van der Waals surface area contributed by atoms with E-state index < -0.39 is 4.92 Å². The Hall–Kier alpha value is -2.21. The highest BCUT2D eigenvalue weighted by atomic mass is 32.1. The summed E-state index contributed by atoms with van der Waals surface area (Å²) >= 11 is 1.50. The predicted molar refractivity (Wildman–Crippen MR) is 76.7 cm³/mol. The van der Waals surface area contributed by atoms with Crippen molar-refractivity contribution in [3.63, 3.8) is 0 Å². The molecule has 1 heterocycles. The van der Waals surface area contributed by atoms with Crippen LogP contribution in [0.5, 0.6) is 0 Å². The van der Waals surface area contributed by atoms with Crippen LogP contribution in [0.3, 0.4) is 0 Å². The Morgan fingerprint density at radius 1 is 1.30 bits per heavy atom. The molecule has 0 N–H and O–H groups in total. The summed E-state index contributed by atoms with van der Waals surface area (Å²) in [5, 5.41) is 12.5. The third-order valence-corrected chi connectivity index (χ3v) is 3.73. The largest absolute Gasteiger partial charge is 0.466 e. The molecule has 0 saturated heterocycles. The number of rotatable bonds is 5. The summed E-state index contributed by atoms with van der Waals surface area (Å²) in [6.45, 7) is 2.12. The fourth-order valence-corrected chi connectivity index (χ4v) is 2.76. The van der Waals surface area contributed by atoms with E-state index in [4.69, 9.17) is 4.74 Å². The van der Waals surface area contributed by atoms with Crippen LogP contribution < -0.4 is 0 Å². The minimum Gasteiger partial charge on any atom is -0.466 e. The highest BCUT2D eigenvalue weighted by molar-refractivity contribution is 7.13. The molecule has 0 unspecified atom stereocenters. The van der Waals surface area contributed by atoms with E-state index in [0.29, 0.717) is 6.61 Å². The second kappa shape index (κ2) is 6.29. The molecule has 0 radical (unpaired) electrons. The molecule has 0 bridgehead atoms. The summed E-state index contributed by atoms with van der Waals surface area (Å²) < 4.78 is 4.93. The molecule has 0 spiro atoms. The van der Waals surface area contributed by atoms with Gasteiger partial charge in [-0.15, -0.1) is 11.3 Å². The van der Waals surface area contributed by atoms with Crippen molar-refractivity contribution in [1.29, 1.82) is 0 Å². The topological polar surface area (TPSA) is 69.4 Å². The van der Waals surface area contributed by atoms with Gasteiger partial charge in [0.15, 0.2) is 0 Å². The lowest BCUT2D eigenvalue weighted by molar-refractivity contribution is -0.384. The molecule has 1 aromatic heterocycles. The average molecular weight is 291 g/mol. The van der Waals surface area contributed by atoms with Gasteiger partial charge in [-0.2, -0.15) is 0 Å². The van der Waals surface area contributed by atoms with Gasteiger partial charge in [-0.3, -0.25) is 14.9 Å². The Morgan fingerprint density at radius 2 is 2.00 bits per heavy atom. The molecule has 0 saturated carbocycles. The first-order valence-electron chi connectivity index (χ1n) is 6.08. The predicted octanol–water partition coefficient (Wildman–Crippen LogP) is 3.43. The highest BCUT2D eigenvalue weighted by Gasteiger charge is 2.13. The Labute approximate surface area is 120 Å². The maximum atomic E-state index is 11.5. The number of ether oxygens (including phenoxy) is 1. The van der Waals surface area contributed by atoms with Crippen molar-refractivity contribution in [3.8, 4) is 10.4 Å². The van der Waals surface area contributed by atoms with Crippen LogP contribution in [-0.4, -0.2) is 17.5 Å². The van der Waals surface area contributed by atoms with Crippen LogP contribution in [0.15, 0.2) is 35.7 Å². The van der Waals surface area contributed by atoms with Crippen LogP contribution in [0.2, 0.25) is 0 Å². The minimum absolute atomic E-state index is 0.0530. The number of hydrogen-bond acceptors (Lipinski definition) is 5. The van der Waals surface area contributed by atoms with Crippen LogP contribution in [0, 0.1) is 10.1 Å². The smallest absolute Gasteiger partial charge is 0.310 e. The number of nitro benzene ring substituents is 1. The number of benzene rings is 1. The van der Waals surface area contributed by atoms with E-state index in [0.717, 1.165) is 16.0 Å².